The predicted octanol–water partition coefficient (Wildman–Crippen LogP) is 3.00. The van der Waals surface area contributed by atoms with Gasteiger partial charge in [0.15, 0.2) is 0 Å². The number of phenols is 1. The van der Waals surface area contributed by atoms with Crippen LogP contribution >= 0.6 is 0 Å². The van der Waals surface area contributed by atoms with Crippen LogP contribution < -0.4 is 5.32 Å². The van der Waals surface area contributed by atoms with Crippen LogP contribution in [0.2, 0.25) is 0 Å². The molecular weight excluding hydrogens is 334 g/mol. The molecular formula is C19H25N3O4. The lowest BCUT2D eigenvalue weighted by Gasteiger charge is -2.33. The van der Waals surface area contributed by atoms with Crippen LogP contribution in [0.3, 0.4) is 0 Å². The summed E-state index contributed by atoms with van der Waals surface area (Å²) in [4.78, 5) is 29.2. The number of carbonyl (C=O) groups is 2. The summed E-state index contributed by atoms with van der Waals surface area (Å²) >= 11 is 0. The lowest BCUT2D eigenvalue weighted by atomic mass is 10.1. The van der Waals surface area contributed by atoms with Crippen molar-refractivity contribution >= 4 is 22.9 Å². The lowest BCUT2D eigenvalue weighted by molar-refractivity contribution is 0.0199. The molecule has 0 atom stereocenters. The van der Waals surface area contributed by atoms with Crippen LogP contribution in [0.5, 0.6) is 5.75 Å². The van der Waals surface area contributed by atoms with Crippen LogP contribution in [-0.4, -0.2) is 51.7 Å². The first kappa shape index (κ1) is 18.1. The summed E-state index contributed by atoms with van der Waals surface area (Å²) in [6.07, 6.45) is 1.07. The number of rotatable bonds is 2. The zero-order valence-corrected chi connectivity index (χ0v) is 15.3. The van der Waals surface area contributed by atoms with Crippen molar-refractivity contribution in [3.05, 3.63) is 30.0 Å². The first-order chi connectivity index (χ1) is 12.2. The number of ether oxygens (including phenoxy) is 1. The van der Waals surface area contributed by atoms with Gasteiger partial charge in [-0.05, 0) is 51.8 Å². The van der Waals surface area contributed by atoms with E-state index in [-0.39, 0.29) is 23.8 Å². The maximum Gasteiger partial charge on any atom is 0.410 e. The van der Waals surface area contributed by atoms with Gasteiger partial charge in [-0.3, -0.25) is 4.79 Å². The van der Waals surface area contributed by atoms with Gasteiger partial charge in [-0.1, -0.05) is 0 Å². The summed E-state index contributed by atoms with van der Waals surface area (Å²) in [5, 5.41) is 13.4. The molecule has 0 saturated carbocycles. The van der Waals surface area contributed by atoms with Crippen LogP contribution in [0.25, 0.3) is 10.9 Å². The number of aromatic hydroxyl groups is 1. The smallest absolute Gasteiger partial charge is 0.410 e. The van der Waals surface area contributed by atoms with Crippen molar-refractivity contribution in [1.82, 2.24) is 15.2 Å². The van der Waals surface area contributed by atoms with Crippen molar-refractivity contribution in [1.29, 1.82) is 0 Å². The molecule has 3 rings (SSSR count). The van der Waals surface area contributed by atoms with E-state index in [1.54, 1.807) is 29.2 Å². The number of phenolic OH excluding ortho intramolecular Hbond substituents is 1. The average Bonchev–Trinajstić information content (AvgIpc) is 2.97. The van der Waals surface area contributed by atoms with Crippen molar-refractivity contribution in [3.63, 3.8) is 0 Å². The largest absolute Gasteiger partial charge is 0.508 e. The van der Waals surface area contributed by atoms with Gasteiger partial charge >= 0.3 is 6.09 Å². The Balaban J connectivity index is 1.55. The highest BCUT2D eigenvalue weighted by Gasteiger charge is 2.27. The molecule has 1 aromatic heterocycles. The molecule has 0 spiro atoms. The molecule has 1 saturated heterocycles. The van der Waals surface area contributed by atoms with Crippen LogP contribution in [-0.2, 0) is 4.74 Å². The molecule has 1 aromatic carbocycles. The zero-order chi connectivity index (χ0) is 18.9. The molecule has 7 nitrogen and oxygen atoms in total. The standard InChI is InChI=1S/C19H25N3O4/c1-19(2,3)26-18(25)22-8-6-13(7-9-22)20-17(24)16-10-12-4-5-14(23)11-15(12)21-16/h4-5,10-11,13,21,23H,6-9H2,1-3H3,(H,20,24). The maximum atomic E-state index is 12.5. The number of amides is 2. The molecule has 1 aliphatic rings. The van der Waals surface area contributed by atoms with Crippen molar-refractivity contribution in [2.24, 2.45) is 0 Å². The van der Waals surface area contributed by atoms with E-state index in [4.69, 9.17) is 4.74 Å². The van der Waals surface area contributed by atoms with Gasteiger partial charge in [0.25, 0.3) is 5.91 Å². The number of fused-ring (bicyclic) bond motifs is 1. The average molecular weight is 359 g/mol. The van der Waals surface area contributed by atoms with Gasteiger partial charge in [-0.2, -0.15) is 0 Å². The SMILES string of the molecule is CC(C)(C)OC(=O)N1CCC(NC(=O)c2cc3ccc(O)cc3[nH]2)CC1. The minimum atomic E-state index is -0.508. The third kappa shape index (κ3) is 4.28. The van der Waals surface area contributed by atoms with E-state index < -0.39 is 5.60 Å². The van der Waals surface area contributed by atoms with Crippen molar-refractivity contribution in [2.45, 2.75) is 45.3 Å². The summed E-state index contributed by atoms with van der Waals surface area (Å²) in [7, 11) is 0. The quantitative estimate of drug-likeness (QED) is 0.768. The Hall–Kier alpha value is -2.70. The van der Waals surface area contributed by atoms with E-state index in [9.17, 15) is 14.7 Å². The Morgan fingerprint density at radius 1 is 1.23 bits per heavy atom. The third-order valence-corrected chi connectivity index (χ3v) is 4.33. The van der Waals surface area contributed by atoms with E-state index in [0.717, 1.165) is 10.9 Å². The molecule has 2 heterocycles. The lowest BCUT2D eigenvalue weighted by Crippen LogP contribution is -2.47. The van der Waals surface area contributed by atoms with E-state index in [1.165, 1.54) is 0 Å². The minimum absolute atomic E-state index is 0.0148. The molecule has 3 N–H and O–H groups in total. The van der Waals surface area contributed by atoms with Crippen LogP contribution in [0.15, 0.2) is 24.3 Å². The van der Waals surface area contributed by atoms with Gasteiger partial charge in [0.05, 0.1) is 0 Å². The van der Waals surface area contributed by atoms with Crippen molar-refractivity contribution in [3.8, 4) is 5.75 Å². The van der Waals surface area contributed by atoms with Crippen LogP contribution in [0.4, 0.5) is 4.79 Å². The second-order valence-electron chi connectivity index (χ2n) is 7.67. The second kappa shape index (κ2) is 6.90. The van der Waals surface area contributed by atoms with Gasteiger partial charge in [-0.15, -0.1) is 0 Å². The fourth-order valence-corrected chi connectivity index (χ4v) is 3.03. The van der Waals surface area contributed by atoms with Gasteiger partial charge in [-0.25, -0.2) is 4.79 Å². The highest BCUT2D eigenvalue weighted by molar-refractivity contribution is 5.98. The van der Waals surface area contributed by atoms with Gasteiger partial charge in [0.2, 0.25) is 0 Å². The highest BCUT2D eigenvalue weighted by atomic mass is 16.6. The first-order valence-electron chi connectivity index (χ1n) is 8.82. The second-order valence-corrected chi connectivity index (χ2v) is 7.67. The Bertz CT molecular complexity index is 814. The predicted molar refractivity (Wildman–Crippen MR) is 98.3 cm³/mol. The molecule has 0 radical (unpaired) electrons. The number of hydrogen-bond donors (Lipinski definition) is 3. The third-order valence-electron chi connectivity index (χ3n) is 4.33. The fourth-order valence-electron chi connectivity index (χ4n) is 3.03. The molecule has 26 heavy (non-hydrogen) atoms. The van der Waals surface area contributed by atoms with Crippen molar-refractivity contribution < 1.29 is 19.4 Å². The number of aromatic nitrogens is 1. The fraction of sp³-hybridized carbons (Fsp3) is 0.474. The Morgan fingerprint density at radius 3 is 2.58 bits per heavy atom. The minimum Gasteiger partial charge on any atom is -0.508 e. The molecule has 7 heteroatoms. The van der Waals surface area contributed by atoms with E-state index in [1.807, 2.05) is 20.8 Å². The maximum absolute atomic E-state index is 12.5. The summed E-state index contributed by atoms with van der Waals surface area (Å²) in [5.41, 5.74) is 0.668. The summed E-state index contributed by atoms with van der Waals surface area (Å²) in [5.74, 6) is -0.0303. The van der Waals surface area contributed by atoms with E-state index in [2.05, 4.69) is 10.3 Å². The summed E-state index contributed by atoms with van der Waals surface area (Å²) < 4.78 is 5.38. The number of nitrogens with zero attached hydrogens (tertiary/aromatic N) is 1. The highest BCUT2D eigenvalue weighted by Crippen LogP contribution is 2.21. The molecule has 1 fully saturated rings. The zero-order valence-electron chi connectivity index (χ0n) is 15.3. The van der Waals surface area contributed by atoms with E-state index >= 15 is 0 Å². The molecule has 140 valence electrons. The van der Waals surface area contributed by atoms with Gasteiger partial charge in [0, 0.05) is 36.1 Å². The molecule has 2 amide bonds. The van der Waals surface area contributed by atoms with Gasteiger partial charge in [0.1, 0.15) is 17.0 Å². The molecule has 0 bridgehead atoms. The summed E-state index contributed by atoms with van der Waals surface area (Å²) in [6, 6.07) is 6.72. The molecule has 0 unspecified atom stereocenters. The molecule has 1 aliphatic heterocycles. The molecule has 2 aromatic rings. The number of carbonyl (C=O) groups excluding carboxylic acids is 2. The molecule has 0 aliphatic carbocycles. The Labute approximate surface area is 152 Å². The number of piperidine rings is 1. The first-order valence-corrected chi connectivity index (χ1v) is 8.82. The Kier molecular flexibility index (Phi) is 4.80. The van der Waals surface area contributed by atoms with Crippen LogP contribution in [0.1, 0.15) is 44.1 Å². The van der Waals surface area contributed by atoms with Crippen LogP contribution in [0, 0.1) is 0 Å². The monoisotopic (exact) mass is 359 g/mol. The number of likely N-dealkylation sites (tertiary alicyclic amines) is 1. The normalized spacial score (nSPS) is 15.9. The number of H-pyrrole nitrogens is 1. The van der Waals surface area contributed by atoms with E-state index in [0.29, 0.717) is 31.6 Å². The number of nitrogens with one attached hydrogen (secondary N) is 2. The number of benzene rings is 1. The Morgan fingerprint density at radius 2 is 1.92 bits per heavy atom. The number of hydrogen-bond acceptors (Lipinski definition) is 4. The topological polar surface area (TPSA) is 94.7 Å². The summed E-state index contributed by atoms with van der Waals surface area (Å²) in [6.45, 7) is 6.65. The van der Waals surface area contributed by atoms with Crippen molar-refractivity contribution in [2.75, 3.05) is 13.1 Å². The van der Waals surface area contributed by atoms with Gasteiger partial charge < -0.3 is 25.0 Å². The number of aromatic amines is 1.